The van der Waals surface area contributed by atoms with E-state index in [1.165, 1.54) is 0 Å². The second kappa shape index (κ2) is 7.13. The molecule has 0 atom stereocenters. The summed E-state index contributed by atoms with van der Waals surface area (Å²) in [4.78, 5) is 20.5. The number of amides is 2. The molecule has 1 fully saturated rings. The molecule has 0 saturated carbocycles. The average Bonchev–Trinajstić information content (AvgIpc) is 3.10. The summed E-state index contributed by atoms with van der Waals surface area (Å²) in [5.41, 5.74) is 3.08. The van der Waals surface area contributed by atoms with Crippen LogP contribution in [-0.4, -0.2) is 52.3 Å². The molecular weight excluding hydrogens is 316 g/mol. The fraction of sp³-hybridized carbons (Fsp3) is 0.500. The molecule has 0 aromatic carbocycles. The van der Waals surface area contributed by atoms with Crippen molar-refractivity contribution in [3.63, 3.8) is 0 Å². The lowest BCUT2D eigenvalue weighted by atomic mass is 9.92. The van der Waals surface area contributed by atoms with E-state index < -0.39 is 0 Å². The molecule has 1 aliphatic rings. The maximum absolute atomic E-state index is 12.4. The Kier molecular flexibility index (Phi) is 4.92. The third-order valence-electron chi connectivity index (χ3n) is 4.42. The normalized spacial score (nSPS) is 15.3. The molecule has 7 heteroatoms. The van der Waals surface area contributed by atoms with Gasteiger partial charge in [-0.25, -0.2) is 4.79 Å². The summed E-state index contributed by atoms with van der Waals surface area (Å²) in [6, 6.07) is 5.99. The van der Waals surface area contributed by atoms with Crippen molar-refractivity contribution in [3.05, 3.63) is 42.0 Å². The van der Waals surface area contributed by atoms with Crippen LogP contribution in [-0.2, 0) is 12.0 Å². The van der Waals surface area contributed by atoms with Gasteiger partial charge in [0.15, 0.2) is 0 Å². The van der Waals surface area contributed by atoms with Crippen molar-refractivity contribution >= 4 is 11.7 Å². The van der Waals surface area contributed by atoms with Crippen LogP contribution in [0.2, 0.25) is 0 Å². The molecule has 0 unspecified atom stereocenters. The first kappa shape index (κ1) is 17.3. The third kappa shape index (κ3) is 4.29. The van der Waals surface area contributed by atoms with Crippen LogP contribution in [0.1, 0.15) is 32.2 Å². The number of hydrogen-bond donors (Lipinski definition) is 2. The highest BCUT2D eigenvalue weighted by Crippen LogP contribution is 2.20. The van der Waals surface area contributed by atoms with Crippen LogP contribution in [0.5, 0.6) is 0 Å². The molecular formula is C18H26N6O. The fourth-order valence-corrected chi connectivity index (χ4v) is 2.84. The van der Waals surface area contributed by atoms with Gasteiger partial charge in [0.25, 0.3) is 0 Å². The van der Waals surface area contributed by atoms with Gasteiger partial charge in [-0.2, -0.15) is 5.10 Å². The number of H-pyrrole nitrogens is 1. The zero-order valence-electron chi connectivity index (χ0n) is 15.1. The number of carbonyl (C=O) groups excluding carboxylic acids is 1. The highest BCUT2D eigenvalue weighted by molar-refractivity contribution is 5.74. The third-order valence-corrected chi connectivity index (χ3v) is 4.42. The van der Waals surface area contributed by atoms with E-state index in [4.69, 9.17) is 0 Å². The molecule has 0 spiro atoms. The first-order chi connectivity index (χ1) is 11.9. The molecule has 1 saturated heterocycles. The van der Waals surface area contributed by atoms with Gasteiger partial charge in [-0.05, 0) is 18.2 Å². The average molecular weight is 342 g/mol. The highest BCUT2D eigenvalue weighted by atomic mass is 16.2. The van der Waals surface area contributed by atoms with E-state index >= 15 is 0 Å². The molecule has 0 radical (unpaired) electrons. The SMILES string of the molecule is CC(C)(C)c1cc(CNC(=O)N2CCN(c3ccncc3)CC2)[nH]n1. The molecule has 25 heavy (non-hydrogen) atoms. The summed E-state index contributed by atoms with van der Waals surface area (Å²) in [6.45, 7) is 9.90. The number of urea groups is 1. The van der Waals surface area contributed by atoms with Crippen LogP contribution in [0.4, 0.5) is 10.5 Å². The molecule has 7 nitrogen and oxygen atoms in total. The van der Waals surface area contributed by atoms with Gasteiger partial charge in [0.2, 0.25) is 0 Å². The van der Waals surface area contributed by atoms with E-state index in [0.717, 1.165) is 30.2 Å². The van der Waals surface area contributed by atoms with Crippen molar-refractivity contribution in [2.45, 2.75) is 32.7 Å². The van der Waals surface area contributed by atoms with Gasteiger partial charge in [0.1, 0.15) is 0 Å². The van der Waals surface area contributed by atoms with Crippen molar-refractivity contribution in [1.29, 1.82) is 0 Å². The maximum Gasteiger partial charge on any atom is 0.317 e. The molecule has 2 N–H and O–H groups in total. The standard InChI is InChI=1S/C18H26N6O/c1-18(2,3)16-12-14(21-22-16)13-20-17(25)24-10-8-23(9-11-24)15-4-6-19-7-5-15/h4-7,12H,8-11,13H2,1-3H3,(H,20,25)(H,21,22). The predicted molar refractivity (Wildman–Crippen MR) is 97.5 cm³/mol. The van der Waals surface area contributed by atoms with Crippen molar-refractivity contribution in [3.8, 4) is 0 Å². The molecule has 2 amide bonds. The number of hydrogen-bond acceptors (Lipinski definition) is 4. The Balaban J connectivity index is 1.47. The number of carbonyl (C=O) groups is 1. The van der Waals surface area contributed by atoms with Gasteiger partial charge in [-0.3, -0.25) is 10.1 Å². The second-order valence-electron chi connectivity index (χ2n) is 7.37. The molecule has 3 heterocycles. The molecule has 1 aliphatic heterocycles. The lowest BCUT2D eigenvalue weighted by Crippen LogP contribution is -2.51. The summed E-state index contributed by atoms with van der Waals surface area (Å²) in [5.74, 6) is 0. The topological polar surface area (TPSA) is 77.2 Å². The van der Waals surface area contributed by atoms with Crippen LogP contribution in [0.3, 0.4) is 0 Å². The summed E-state index contributed by atoms with van der Waals surface area (Å²) in [7, 11) is 0. The number of pyridine rings is 1. The van der Waals surface area contributed by atoms with Gasteiger partial charge in [-0.15, -0.1) is 0 Å². The summed E-state index contributed by atoms with van der Waals surface area (Å²) in [5, 5.41) is 10.3. The van der Waals surface area contributed by atoms with Crippen molar-refractivity contribution in [2.75, 3.05) is 31.1 Å². The van der Waals surface area contributed by atoms with E-state index in [9.17, 15) is 4.79 Å². The van der Waals surface area contributed by atoms with Crippen LogP contribution in [0.15, 0.2) is 30.6 Å². The minimum Gasteiger partial charge on any atom is -0.368 e. The molecule has 134 valence electrons. The van der Waals surface area contributed by atoms with Crippen molar-refractivity contribution < 1.29 is 4.79 Å². The quantitative estimate of drug-likeness (QED) is 0.896. The lowest BCUT2D eigenvalue weighted by molar-refractivity contribution is 0.194. The number of aromatic amines is 1. The van der Waals surface area contributed by atoms with Crippen molar-refractivity contribution in [1.82, 2.24) is 25.4 Å². The lowest BCUT2D eigenvalue weighted by Gasteiger charge is -2.35. The van der Waals surface area contributed by atoms with Crippen LogP contribution in [0, 0.1) is 0 Å². The van der Waals surface area contributed by atoms with E-state index in [2.05, 4.69) is 46.2 Å². The number of aromatic nitrogens is 3. The Bertz CT molecular complexity index is 698. The Morgan fingerprint density at radius 1 is 1.20 bits per heavy atom. The zero-order chi connectivity index (χ0) is 17.9. The van der Waals surface area contributed by atoms with E-state index in [-0.39, 0.29) is 11.4 Å². The van der Waals surface area contributed by atoms with Gasteiger partial charge in [0.05, 0.1) is 17.9 Å². The van der Waals surface area contributed by atoms with Gasteiger partial charge in [0, 0.05) is 49.7 Å². The number of anilines is 1. The molecule has 2 aromatic heterocycles. The maximum atomic E-state index is 12.4. The largest absolute Gasteiger partial charge is 0.368 e. The van der Waals surface area contributed by atoms with Gasteiger partial charge in [-0.1, -0.05) is 20.8 Å². The summed E-state index contributed by atoms with van der Waals surface area (Å²) >= 11 is 0. The summed E-state index contributed by atoms with van der Waals surface area (Å²) < 4.78 is 0. The number of nitrogens with zero attached hydrogens (tertiary/aromatic N) is 4. The number of nitrogens with one attached hydrogen (secondary N) is 2. The monoisotopic (exact) mass is 342 g/mol. The van der Waals surface area contributed by atoms with Crippen LogP contribution < -0.4 is 10.2 Å². The fourth-order valence-electron chi connectivity index (χ4n) is 2.84. The molecule has 0 bridgehead atoms. The second-order valence-corrected chi connectivity index (χ2v) is 7.37. The molecule has 3 rings (SSSR count). The predicted octanol–water partition coefficient (Wildman–Crippen LogP) is 2.13. The Morgan fingerprint density at radius 2 is 1.88 bits per heavy atom. The van der Waals surface area contributed by atoms with Gasteiger partial charge >= 0.3 is 6.03 Å². The van der Waals surface area contributed by atoms with Crippen molar-refractivity contribution in [2.24, 2.45) is 0 Å². The smallest absolute Gasteiger partial charge is 0.317 e. The van der Waals surface area contributed by atoms with E-state index in [0.29, 0.717) is 19.6 Å². The molecule has 0 aliphatic carbocycles. The zero-order valence-corrected chi connectivity index (χ0v) is 15.1. The van der Waals surface area contributed by atoms with Gasteiger partial charge < -0.3 is 15.1 Å². The first-order valence-electron chi connectivity index (χ1n) is 8.66. The summed E-state index contributed by atoms with van der Waals surface area (Å²) in [6.07, 6.45) is 3.59. The van der Waals surface area contributed by atoms with Crippen LogP contribution >= 0.6 is 0 Å². The Morgan fingerprint density at radius 3 is 2.48 bits per heavy atom. The minimum atomic E-state index is -0.0266. The first-order valence-corrected chi connectivity index (χ1v) is 8.66. The van der Waals surface area contributed by atoms with Crippen LogP contribution in [0.25, 0.3) is 0 Å². The Hall–Kier alpha value is -2.57. The van der Waals surface area contributed by atoms with E-state index in [1.807, 2.05) is 23.1 Å². The molecule has 2 aromatic rings. The number of rotatable bonds is 3. The highest BCUT2D eigenvalue weighted by Gasteiger charge is 2.22. The number of piperazine rings is 1. The van der Waals surface area contributed by atoms with E-state index in [1.54, 1.807) is 12.4 Å². The minimum absolute atomic E-state index is 0.00203. The Labute approximate surface area is 148 Å².